The fraction of sp³-hybridized carbons (Fsp3) is 0.500. The number of carbonyl (C=O) groups excluding carboxylic acids is 1. The molecule has 0 unspecified atom stereocenters. The molecule has 0 N–H and O–H groups in total. The van der Waals surface area contributed by atoms with Crippen molar-refractivity contribution in [3.63, 3.8) is 0 Å². The maximum Gasteiger partial charge on any atom is 0.369 e. The van der Waals surface area contributed by atoms with Gasteiger partial charge in [0.1, 0.15) is 0 Å². The molecule has 70 valence electrons. The lowest BCUT2D eigenvalue weighted by molar-refractivity contribution is -0.205. The standard InChI is InChI=1S/C6H10O5S/c1-4-12(8,9)11-10-6(7)5(2)3/h2,4H2,1,3H3. The summed E-state index contributed by atoms with van der Waals surface area (Å²) in [5, 5.41) is 0. The molecule has 5 nitrogen and oxygen atoms in total. The van der Waals surface area contributed by atoms with Crippen molar-refractivity contribution < 1.29 is 22.4 Å². The topological polar surface area (TPSA) is 69.7 Å². The Kier molecular flexibility index (Phi) is 3.91. The van der Waals surface area contributed by atoms with Crippen LogP contribution in [0.25, 0.3) is 0 Å². The fourth-order valence-electron chi connectivity index (χ4n) is 0.202. The Bertz CT molecular complexity index is 276. The molecule has 0 spiro atoms. The van der Waals surface area contributed by atoms with Crippen LogP contribution >= 0.6 is 0 Å². The first-order chi connectivity index (χ1) is 5.39. The second-order valence-electron chi connectivity index (χ2n) is 2.07. The average molecular weight is 194 g/mol. The number of rotatable bonds is 4. The van der Waals surface area contributed by atoms with Crippen molar-refractivity contribution in [2.75, 3.05) is 5.75 Å². The van der Waals surface area contributed by atoms with E-state index >= 15 is 0 Å². The third-order valence-corrected chi connectivity index (χ3v) is 1.90. The summed E-state index contributed by atoms with van der Waals surface area (Å²) in [4.78, 5) is 14.5. The molecule has 0 aliphatic heterocycles. The quantitative estimate of drug-likeness (QED) is 0.368. The lowest BCUT2D eigenvalue weighted by Gasteiger charge is -2.00. The number of carbonyl (C=O) groups is 1. The zero-order chi connectivity index (χ0) is 9.78. The van der Waals surface area contributed by atoms with Crippen molar-refractivity contribution in [1.29, 1.82) is 0 Å². The Morgan fingerprint density at radius 1 is 1.50 bits per heavy atom. The van der Waals surface area contributed by atoms with Gasteiger partial charge in [-0.1, -0.05) is 10.9 Å². The van der Waals surface area contributed by atoms with Gasteiger partial charge in [-0.2, -0.15) is 8.42 Å². The van der Waals surface area contributed by atoms with Gasteiger partial charge in [0.15, 0.2) is 0 Å². The van der Waals surface area contributed by atoms with Gasteiger partial charge in [0.25, 0.3) is 0 Å². The highest BCUT2D eigenvalue weighted by Gasteiger charge is 2.13. The summed E-state index contributed by atoms with van der Waals surface area (Å²) in [6.07, 6.45) is 0. The van der Waals surface area contributed by atoms with E-state index in [-0.39, 0.29) is 11.3 Å². The minimum atomic E-state index is -3.73. The van der Waals surface area contributed by atoms with Gasteiger partial charge < -0.3 is 0 Å². The van der Waals surface area contributed by atoms with Crippen molar-refractivity contribution in [3.8, 4) is 0 Å². The van der Waals surface area contributed by atoms with Gasteiger partial charge in [-0.25, -0.2) is 4.79 Å². The first-order valence-electron chi connectivity index (χ1n) is 3.17. The highest BCUT2D eigenvalue weighted by Crippen LogP contribution is 1.98. The average Bonchev–Trinajstić information content (AvgIpc) is 2.00. The Morgan fingerprint density at radius 3 is 2.33 bits per heavy atom. The first kappa shape index (κ1) is 11.1. The van der Waals surface area contributed by atoms with E-state index in [2.05, 4.69) is 15.8 Å². The molecule has 0 aromatic heterocycles. The summed E-state index contributed by atoms with van der Waals surface area (Å²) in [5.41, 5.74) is 0.0707. The van der Waals surface area contributed by atoms with E-state index < -0.39 is 16.1 Å². The molecule has 0 atom stereocenters. The summed E-state index contributed by atoms with van der Waals surface area (Å²) in [5.74, 6) is -1.15. The van der Waals surface area contributed by atoms with Gasteiger partial charge in [0.05, 0.1) is 5.75 Å². The van der Waals surface area contributed by atoms with Crippen LogP contribution in [0.1, 0.15) is 13.8 Å². The van der Waals surface area contributed by atoms with E-state index in [0.717, 1.165) is 0 Å². The summed E-state index contributed by atoms with van der Waals surface area (Å²) < 4.78 is 25.1. The van der Waals surface area contributed by atoms with Gasteiger partial charge in [-0.15, -0.1) is 0 Å². The van der Waals surface area contributed by atoms with E-state index in [4.69, 9.17) is 0 Å². The molecular weight excluding hydrogens is 184 g/mol. The Labute approximate surface area is 71.0 Å². The summed E-state index contributed by atoms with van der Waals surface area (Å²) >= 11 is 0. The SMILES string of the molecule is C=C(C)C(=O)OOS(=O)(=O)CC. The maximum absolute atomic E-state index is 10.6. The van der Waals surface area contributed by atoms with Crippen LogP contribution in [-0.4, -0.2) is 20.1 Å². The molecule has 0 aromatic carbocycles. The van der Waals surface area contributed by atoms with Gasteiger partial charge in [-0.05, 0) is 13.8 Å². The van der Waals surface area contributed by atoms with E-state index in [1.54, 1.807) is 0 Å². The maximum atomic E-state index is 10.6. The van der Waals surface area contributed by atoms with Crippen LogP contribution in [0.2, 0.25) is 0 Å². The molecule has 0 heterocycles. The van der Waals surface area contributed by atoms with Crippen LogP contribution in [0.3, 0.4) is 0 Å². The molecule has 0 bridgehead atoms. The molecule has 6 heteroatoms. The Morgan fingerprint density at radius 2 is 2.00 bits per heavy atom. The summed E-state index contributed by atoms with van der Waals surface area (Å²) in [6, 6.07) is 0. The predicted molar refractivity (Wildman–Crippen MR) is 41.5 cm³/mol. The second-order valence-corrected chi connectivity index (χ2v) is 3.89. The van der Waals surface area contributed by atoms with E-state index in [9.17, 15) is 13.2 Å². The molecule has 12 heavy (non-hydrogen) atoms. The van der Waals surface area contributed by atoms with Gasteiger partial charge in [0, 0.05) is 5.57 Å². The summed E-state index contributed by atoms with van der Waals surface area (Å²) in [6.45, 7) is 5.98. The molecule has 0 saturated carbocycles. The third kappa shape index (κ3) is 4.09. The van der Waals surface area contributed by atoms with E-state index in [1.165, 1.54) is 13.8 Å². The molecule has 0 rings (SSSR count). The van der Waals surface area contributed by atoms with Crippen molar-refractivity contribution in [2.45, 2.75) is 13.8 Å². The minimum Gasteiger partial charge on any atom is -0.276 e. The highest BCUT2D eigenvalue weighted by molar-refractivity contribution is 7.86. The Balaban J connectivity index is 4.02. The molecule has 0 radical (unpaired) electrons. The van der Waals surface area contributed by atoms with Crippen molar-refractivity contribution >= 4 is 16.1 Å². The second kappa shape index (κ2) is 4.22. The number of hydrogen-bond donors (Lipinski definition) is 0. The normalized spacial score (nSPS) is 10.8. The molecule has 0 amide bonds. The van der Waals surface area contributed by atoms with Crippen molar-refractivity contribution in [3.05, 3.63) is 12.2 Å². The zero-order valence-corrected chi connectivity index (χ0v) is 7.68. The van der Waals surface area contributed by atoms with Crippen molar-refractivity contribution in [2.24, 2.45) is 0 Å². The Hall–Kier alpha value is -0.880. The lowest BCUT2D eigenvalue weighted by atomic mass is 10.4. The molecule has 0 aliphatic rings. The molecule has 0 aliphatic carbocycles. The predicted octanol–water partition coefficient (Wildman–Crippen LogP) is 0.387. The monoisotopic (exact) mass is 194 g/mol. The van der Waals surface area contributed by atoms with E-state index in [0.29, 0.717) is 0 Å². The van der Waals surface area contributed by atoms with Crippen molar-refractivity contribution in [1.82, 2.24) is 0 Å². The smallest absolute Gasteiger partial charge is 0.276 e. The van der Waals surface area contributed by atoms with Gasteiger partial charge >= 0.3 is 16.1 Å². The van der Waals surface area contributed by atoms with Crippen LogP contribution in [0, 0.1) is 0 Å². The molecular formula is C6H10O5S. The van der Waals surface area contributed by atoms with Crippen LogP contribution in [0.4, 0.5) is 0 Å². The molecule has 0 aromatic rings. The zero-order valence-electron chi connectivity index (χ0n) is 6.86. The molecule has 0 fully saturated rings. The number of hydrogen-bond acceptors (Lipinski definition) is 5. The largest absolute Gasteiger partial charge is 0.369 e. The molecule has 0 saturated heterocycles. The van der Waals surface area contributed by atoms with Gasteiger partial charge in [-0.3, -0.25) is 4.89 Å². The summed E-state index contributed by atoms with van der Waals surface area (Å²) in [7, 11) is -3.73. The van der Waals surface area contributed by atoms with Crippen LogP contribution in [-0.2, 0) is 24.1 Å². The third-order valence-electron chi connectivity index (χ3n) is 0.915. The van der Waals surface area contributed by atoms with Crippen LogP contribution in [0.15, 0.2) is 12.2 Å². The first-order valence-corrected chi connectivity index (χ1v) is 4.75. The van der Waals surface area contributed by atoms with E-state index in [1.807, 2.05) is 0 Å². The highest BCUT2D eigenvalue weighted by atomic mass is 32.2. The van der Waals surface area contributed by atoms with Crippen LogP contribution < -0.4 is 0 Å². The minimum absolute atomic E-state index is 0.0707. The van der Waals surface area contributed by atoms with Crippen LogP contribution in [0.5, 0.6) is 0 Å². The van der Waals surface area contributed by atoms with Gasteiger partial charge in [0.2, 0.25) is 0 Å². The lowest BCUT2D eigenvalue weighted by Crippen LogP contribution is -2.13. The fourth-order valence-corrected chi connectivity index (χ4v) is 0.464.